The summed E-state index contributed by atoms with van der Waals surface area (Å²) in [5.74, 6) is -1.29. The largest absolute Gasteiger partial charge is 0.449 e. The van der Waals surface area contributed by atoms with E-state index in [1.165, 1.54) is 19.1 Å². The molecule has 0 spiro atoms. The Morgan fingerprint density at radius 1 is 1.07 bits per heavy atom. The molecule has 1 atom stereocenters. The van der Waals surface area contributed by atoms with Crippen LogP contribution in [0.3, 0.4) is 0 Å². The van der Waals surface area contributed by atoms with Crippen molar-refractivity contribution in [3.63, 3.8) is 0 Å². The number of carbonyl (C=O) groups excluding carboxylic acids is 2. The van der Waals surface area contributed by atoms with Crippen LogP contribution in [0.25, 0.3) is 0 Å². The van der Waals surface area contributed by atoms with Crippen molar-refractivity contribution in [3.05, 3.63) is 64.7 Å². The molecule has 0 aliphatic carbocycles. The van der Waals surface area contributed by atoms with Crippen LogP contribution in [0.15, 0.2) is 42.5 Å². The van der Waals surface area contributed by atoms with Crippen LogP contribution in [0.5, 0.6) is 0 Å². The zero-order chi connectivity index (χ0) is 20.2. The summed E-state index contributed by atoms with van der Waals surface area (Å²) < 4.78 is 28.1. The predicted octanol–water partition coefficient (Wildman–Crippen LogP) is 3.03. The van der Waals surface area contributed by atoms with Crippen LogP contribution >= 0.6 is 0 Å². The molecule has 0 unspecified atom stereocenters. The SMILES string of the molecule is Cc1cccc(C)c1NC(=O)[C@@H](C)OC(=O)c1cccc(CS(C)(=O)=O)c1. The normalized spacial score (nSPS) is 12.3. The van der Waals surface area contributed by atoms with E-state index in [1.807, 2.05) is 32.0 Å². The number of sulfone groups is 1. The minimum Gasteiger partial charge on any atom is -0.449 e. The highest BCUT2D eigenvalue weighted by molar-refractivity contribution is 7.89. The molecule has 27 heavy (non-hydrogen) atoms. The van der Waals surface area contributed by atoms with E-state index >= 15 is 0 Å². The first-order valence-corrected chi connectivity index (χ1v) is 10.5. The van der Waals surface area contributed by atoms with Crippen LogP contribution in [0.1, 0.15) is 34.0 Å². The minimum atomic E-state index is -3.22. The fraction of sp³-hybridized carbons (Fsp3) is 0.300. The fourth-order valence-corrected chi connectivity index (χ4v) is 3.39. The molecule has 0 aliphatic heterocycles. The number of hydrogen-bond donors (Lipinski definition) is 1. The molecule has 144 valence electrons. The van der Waals surface area contributed by atoms with E-state index in [-0.39, 0.29) is 11.3 Å². The van der Waals surface area contributed by atoms with Crippen molar-refractivity contribution in [1.82, 2.24) is 0 Å². The number of esters is 1. The number of anilines is 1. The number of benzene rings is 2. The van der Waals surface area contributed by atoms with Crippen molar-refractivity contribution in [2.24, 2.45) is 0 Å². The van der Waals surface area contributed by atoms with Gasteiger partial charge in [0.2, 0.25) is 0 Å². The lowest BCUT2D eigenvalue weighted by molar-refractivity contribution is -0.123. The molecule has 6 nitrogen and oxygen atoms in total. The Morgan fingerprint density at radius 2 is 1.67 bits per heavy atom. The molecule has 0 saturated heterocycles. The maximum atomic E-state index is 12.4. The van der Waals surface area contributed by atoms with E-state index in [2.05, 4.69) is 5.32 Å². The average molecular weight is 389 g/mol. The highest BCUT2D eigenvalue weighted by atomic mass is 32.2. The number of carbonyl (C=O) groups is 2. The molecule has 2 rings (SSSR count). The highest BCUT2D eigenvalue weighted by Gasteiger charge is 2.20. The molecule has 0 aromatic heterocycles. The molecule has 0 bridgehead atoms. The summed E-state index contributed by atoms with van der Waals surface area (Å²) >= 11 is 0. The second-order valence-corrected chi connectivity index (χ2v) is 8.71. The molecule has 0 aliphatic rings. The summed E-state index contributed by atoms with van der Waals surface area (Å²) in [7, 11) is -3.22. The summed E-state index contributed by atoms with van der Waals surface area (Å²) in [6.45, 7) is 5.25. The van der Waals surface area contributed by atoms with E-state index in [4.69, 9.17) is 4.74 Å². The van der Waals surface area contributed by atoms with E-state index in [1.54, 1.807) is 12.1 Å². The van der Waals surface area contributed by atoms with Crippen molar-refractivity contribution in [1.29, 1.82) is 0 Å². The summed E-state index contributed by atoms with van der Waals surface area (Å²) in [4.78, 5) is 24.7. The van der Waals surface area contributed by atoms with Gasteiger partial charge in [-0.15, -0.1) is 0 Å². The van der Waals surface area contributed by atoms with Gasteiger partial charge in [0, 0.05) is 11.9 Å². The van der Waals surface area contributed by atoms with Crippen LogP contribution in [0.2, 0.25) is 0 Å². The first-order valence-electron chi connectivity index (χ1n) is 8.41. The maximum absolute atomic E-state index is 12.4. The van der Waals surface area contributed by atoms with Gasteiger partial charge in [0.15, 0.2) is 15.9 Å². The monoisotopic (exact) mass is 389 g/mol. The summed E-state index contributed by atoms with van der Waals surface area (Å²) in [5.41, 5.74) is 3.20. The van der Waals surface area contributed by atoms with Gasteiger partial charge in [0.05, 0.1) is 11.3 Å². The third-order valence-corrected chi connectivity index (χ3v) is 4.83. The molecule has 0 radical (unpaired) electrons. The van der Waals surface area contributed by atoms with Gasteiger partial charge >= 0.3 is 5.97 Å². The number of amides is 1. The predicted molar refractivity (Wildman–Crippen MR) is 104 cm³/mol. The van der Waals surface area contributed by atoms with Gasteiger partial charge in [-0.2, -0.15) is 0 Å². The van der Waals surface area contributed by atoms with Gasteiger partial charge in [-0.3, -0.25) is 4.79 Å². The van der Waals surface area contributed by atoms with Gasteiger partial charge in [-0.05, 0) is 49.6 Å². The lowest BCUT2D eigenvalue weighted by atomic mass is 10.1. The molecule has 0 saturated carbocycles. The lowest BCUT2D eigenvalue weighted by Gasteiger charge is -2.16. The topological polar surface area (TPSA) is 89.5 Å². The van der Waals surface area contributed by atoms with E-state index < -0.39 is 27.8 Å². The number of hydrogen-bond acceptors (Lipinski definition) is 5. The number of para-hydroxylation sites is 1. The van der Waals surface area contributed by atoms with Gasteiger partial charge in [0.1, 0.15) is 0 Å². The number of nitrogens with one attached hydrogen (secondary N) is 1. The summed E-state index contributed by atoms with van der Waals surface area (Å²) in [6.07, 6.45) is 0.118. The molecule has 2 aromatic carbocycles. The average Bonchev–Trinajstić information content (AvgIpc) is 2.56. The Morgan fingerprint density at radius 3 is 2.26 bits per heavy atom. The number of aryl methyl sites for hydroxylation is 2. The molecule has 2 aromatic rings. The molecule has 1 N–H and O–H groups in total. The molecule has 0 heterocycles. The third-order valence-electron chi connectivity index (χ3n) is 3.97. The zero-order valence-corrected chi connectivity index (χ0v) is 16.6. The Balaban J connectivity index is 2.07. The molecule has 1 amide bonds. The second kappa shape index (κ2) is 8.35. The van der Waals surface area contributed by atoms with Crippen LogP contribution in [-0.4, -0.2) is 32.7 Å². The summed E-state index contributed by atoms with van der Waals surface area (Å²) in [5, 5.41) is 2.78. The zero-order valence-electron chi connectivity index (χ0n) is 15.8. The van der Waals surface area contributed by atoms with E-state index in [0.29, 0.717) is 11.3 Å². The van der Waals surface area contributed by atoms with Crippen molar-refractivity contribution < 1.29 is 22.7 Å². The Hall–Kier alpha value is -2.67. The fourth-order valence-electron chi connectivity index (χ4n) is 2.61. The smallest absolute Gasteiger partial charge is 0.338 e. The van der Waals surface area contributed by atoms with Gasteiger partial charge < -0.3 is 10.1 Å². The van der Waals surface area contributed by atoms with Crippen molar-refractivity contribution in [3.8, 4) is 0 Å². The van der Waals surface area contributed by atoms with Crippen molar-refractivity contribution in [2.75, 3.05) is 11.6 Å². The Bertz CT molecular complexity index is 946. The summed E-state index contributed by atoms with van der Waals surface area (Å²) in [6, 6.07) is 11.8. The maximum Gasteiger partial charge on any atom is 0.338 e. The van der Waals surface area contributed by atoms with Crippen LogP contribution < -0.4 is 5.32 Å². The van der Waals surface area contributed by atoms with E-state index in [0.717, 1.165) is 17.4 Å². The van der Waals surface area contributed by atoms with Crippen LogP contribution in [0, 0.1) is 13.8 Å². The van der Waals surface area contributed by atoms with E-state index in [9.17, 15) is 18.0 Å². The van der Waals surface area contributed by atoms with Crippen molar-refractivity contribution in [2.45, 2.75) is 32.6 Å². The number of rotatable bonds is 6. The molecular formula is C20H23NO5S. The quantitative estimate of drug-likeness (QED) is 0.767. The van der Waals surface area contributed by atoms with Crippen LogP contribution in [0.4, 0.5) is 5.69 Å². The first kappa shape index (κ1) is 20.6. The lowest BCUT2D eigenvalue weighted by Crippen LogP contribution is -2.30. The van der Waals surface area contributed by atoms with Gasteiger partial charge in [-0.25, -0.2) is 13.2 Å². The Labute approximate surface area is 159 Å². The highest BCUT2D eigenvalue weighted by Crippen LogP contribution is 2.20. The Kier molecular flexibility index (Phi) is 6.38. The van der Waals surface area contributed by atoms with Gasteiger partial charge in [-0.1, -0.05) is 30.3 Å². The van der Waals surface area contributed by atoms with Gasteiger partial charge in [0.25, 0.3) is 5.91 Å². The van der Waals surface area contributed by atoms with Crippen molar-refractivity contribution >= 4 is 27.4 Å². The molecule has 7 heteroatoms. The number of ether oxygens (including phenoxy) is 1. The first-order chi connectivity index (χ1) is 12.6. The second-order valence-electron chi connectivity index (χ2n) is 6.57. The molecule has 0 fully saturated rings. The van der Waals surface area contributed by atoms with Crippen LogP contribution in [-0.2, 0) is 25.1 Å². The molecular weight excluding hydrogens is 366 g/mol. The standard InChI is InChI=1S/C20H23NO5S/c1-13-7-5-8-14(2)18(13)21-19(22)15(3)26-20(23)17-10-6-9-16(11-17)12-27(4,24)25/h5-11,15H,12H2,1-4H3,(H,21,22)/t15-/m1/s1. The third kappa shape index (κ3) is 5.92. The minimum absolute atomic E-state index is 0.170.